The van der Waals surface area contributed by atoms with Crippen LogP contribution in [0.1, 0.15) is 129 Å². The maximum atomic E-state index is 13.0. The summed E-state index contributed by atoms with van der Waals surface area (Å²) in [6.07, 6.45) is 17.4. The Bertz CT molecular complexity index is 1160. The van der Waals surface area contributed by atoms with Gasteiger partial charge < -0.3 is 65.1 Å². The van der Waals surface area contributed by atoms with Crippen molar-refractivity contribution >= 4 is 5.91 Å². The Balaban J connectivity index is 1.96. The van der Waals surface area contributed by atoms with Crippen molar-refractivity contribution in [1.29, 1.82) is 0 Å². The van der Waals surface area contributed by atoms with E-state index >= 15 is 0 Å². The fourth-order valence-corrected chi connectivity index (χ4v) is 6.77. The van der Waals surface area contributed by atoms with Gasteiger partial charge in [-0.2, -0.15) is 0 Å². The summed E-state index contributed by atoms with van der Waals surface area (Å²) in [6, 6.07) is -0.938. The molecule has 9 N–H and O–H groups in total. The van der Waals surface area contributed by atoms with Gasteiger partial charge in [0.1, 0.15) is 48.8 Å². The van der Waals surface area contributed by atoms with E-state index in [0.29, 0.717) is 12.8 Å². The lowest BCUT2D eigenvalue weighted by Gasteiger charge is -2.46. The molecule has 14 heteroatoms. The number of nitrogens with one attached hydrogen (secondary N) is 1. The predicted molar refractivity (Wildman–Crippen MR) is 221 cm³/mol. The second-order valence-electron chi connectivity index (χ2n) is 15.4. The van der Waals surface area contributed by atoms with Gasteiger partial charge in [-0.15, -0.1) is 0 Å². The average Bonchev–Trinajstić information content (AvgIpc) is 3.22. The Labute approximate surface area is 346 Å². The number of unbranched alkanes of at least 4 members (excludes halogenated alkanes) is 12. The molecule has 12 unspecified atom stereocenters. The van der Waals surface area contributed by atoms with Crippen molar-refractivity contribution in [3.05, 3.63) is 48.6 Å². The summed E-state index contributed by atoms with van der Waals surface area (Å²) in [7, 11) is 0. The first-order valence-corrected chi connectivity index (χ1v) is 21.9. The SMILES string of the molecule is CCCC/C=C\CCCCCCCC(=O)NC(COC1OC(CO)C(OC2OC(CO)C(O)C(O)C2O)C(O)C1O)C(O)/C=C/CC/C=C/CC/C=C/CCCCC. The monoisotopic (exact) mass is 828 g/mol. The molecule has 2 saturated heterocycles. The van der Waals surface area contributed by atoms with Gasteiger partial charge in [-0.05, 0) is 64.2 Å². The summed E-state index contributed by atoms with van der Waals surface area (Å²) in [5, 5.41) is 86.3. The Hall–Kier alpha value is -2.05. The minimum atomic E-state index is -1.79. The van der Waals surface area contributed by atoms with E-state index < -0.39 is 86.8 Å². The molecule has 2 aliphatic heterocycles. The number of rotatable bonds is 31. The van der Waals surface area contributed by atoms with E-state index in [1.54, 1.807) is 6.08 Å². The van der Waals surface area contributed by atoms with Crippen LogP contribution in [0, 0.1) is 0 Å². The Kier molecular flexibility index (Phi) is 28.5. The Morgan fingerprint density at radius 1 is 0.603 bits per heavy atom. The lowest BCUT2D eigenvalue weighted by molar-refractivity contribution is -0.359. The zero-order chi connectivity index (χ0) is 42.5. The van der Waals surface area contributed by atoms with Crippen molar-refractivity contribution in [1.82, 2.24) is 5.32 Å². The molecule has 336 valence electrons. The van der Waals surface area contributed by atoms with Crippen LogP contribution in [0.15, 0.2) is 48.6 Å². The van der Waals surface area contributed by atoms with E-state index in [1.165, 1.54) is 32.1 Å². The van der Waals surface area contributed by atoms with E-state index in [1.807, 2.05) is 6.08 Å². The topological polar surface area (TPSA) is 228 Å². The fourth-order valence-electron chi connectivity index (χ4n) is 6.77. The molecule has 2 heterocycles. The molecule has 2 fully saturated rings. The molecule has 0 aromatic carbocycles. The number of carbonyl (C=O) groups excluding carboxylic acids is 1. The van der Waals surface area contributed by atoms with E-state index in [2.05, 4.69) is 55.6 Å². The van der Waals surface area contributed by atoms with Crippen LogP contribution in [0.4, 0.5) is 0 Å². The number of hydrogen-bond acceptors (Lipinski definition) is 13. The van der Waals surface area contributed by atoms with Gasteiger partial charge >= 0.3 is 0 Å². The van der Waals surface area contributed by atoms with E-state index in [9.17, 15) is 45.6 Å². The summed E-state index contributed by atoms with van der Waals surface area (Å²) in [6.45, 7) is 2.63. The number of ether oxygens (including phenoxy) is 4. The number of amides is 1. The van der Waals surface area contributed by atoms with Crippen LogP contribution < -0.4 is 5.32 Å². The summed E-state index contributed by atoms with van der Waals surface area (Å²) in [4.78, 5) is 13.0. The van der Waals surface area contributed by atoms with Crippen LogP contribution >= 0.6 is 0 Å². The average molecular weight is 828 g/mol. The second-order valence-corrected chi connectivity index (χ2v) is 15.4. The minimum Gasteiger partial charge on any atom is -0.394 e. The Morgan fingerprint density at radius 3 is 1.74 bits per heavy atom. The zero-order valence-electron chi connectivity index (χ0n) is 35.0. The molecule has 0 saturated carbocycles. The summed E-state index contributed by atoms with van der Waals surface area (Å²) >= 11 is 0. The molecule has 0 spiro atoms. The molecule has 12 atom stereocenters. The van der Waals surface area contributed by atoms with Gasteiger partial charge in [0.15, 0.2) is 12.6 Å². The zero-order valence-corrected chi connectivity index (χ0v) is 35.0. The molecular weight excluding hydrogens is 750 g/mol. The number of carbonyl (C=O) groups is 1. The molecular formula is C44H77NO13. The molecule has 58 heavy (non-hydrogen) atoms. The van der Waals surface area contributed by atoms with Crippen LogP contribution in [0.5, 0.6) is 0 Å². The van der Waals surface area contributed by atoms with Crippen LogP contribution in [0.2, 0.25) is 0 Å². The lowest BCUT2D eigenvalue weighted by Crippen LogP contribution is -2.65. The fraction of sp³-hybridized carbons (Fsp3) is 0.795. The largest absolute Gasteiger partial charge is 0.394 e. The Morgan fingerprint density at radius 2 is 1.12 bits per heavy atom. The van der Waals surface area contributed by atoms with Crippen LogP contribution in [0.3, 0.4) is 0 Å². The van der Waals surface area contributed by atoms with Crippen molar-refractivity contribution in [3.8, 4) is 0 Å². The van der Waals surface area contributed by atoms with E-state index in [0.717, 1.165) is 64.2 Å². The van der Waals surface area contributed by atoms with Gasteiger partial charge in [-0.1, -0.05) is 107 Å². The number of aliphatic hydroxyl groups excluding tert-OH is 8. The van der Waals surface area contributed by atoms with Crippen molar-refractivity contribution in [3.63, 3.8) is 0 Å². The molecule has 0 aliphatic carbocycles. The third kappa shape index (κ3) is 20.0. The van der Waals surface area contributed by atoms with E-state index in [-0.39, 0.29) is 18.9 Å². The van der Waals surface area contributed by atoms with Crippen molar-refractivity contribution in [2.75, 3.05) is 19.8 Å². The second kappa shape index (κ2) is 31.8. The first-order chi connectivity index (χ1) is 28.1. The molecule has 0 aromatic rings. The highest BCUT2D eigenvalue weighted by molar-refractivity contribution is 5.76. The molecule has 0 aromatic heterocycles. The number of aliphatic hydroxyl groups is 8. The van der Waals surface area contributed by atoms with Gasteiger partial charge in [0.25, 0.3) is 0 Å². The normalized spacial score (nSPS) is 29.3. The maximum Gasteiger partial charge on any atom is 0.220 e. The predicted octanol–water partition coefficient (Wildman–Crippen LogP) is 3.76. The molecule has 1 amide bonds. The van der Waals surface area contributed by atoms with Crippen LogP contribution in [-0.2, 0) is 23.7 Å². The van der Waals surface area contributed by atoms with Gasteiger partial charge in [-0.25, -0.2) is 0 Å². The van der Waals surface area contributed by atoms with Gasteiger partial charge in [0, 0.05) is 6.42 Å². The van der Waals surface area contributed by atoms with E-state index in [4.69, 9.17) is 18.9 Å². The summed E-state index contributed by atoms with van der Waals surface area (Å²) in [5.74, 6) is -0.270. The smallest absolute Gasteiger partial charge is 0.220 e. The molecule has 0 radical (unpaired) electrons. The third-order valence-electron chi connectivity index (χ3n) is 10.5. The van der Waals surface area contributed by atoms with Crippen molar-refractivity contribution in [2.24, 2.45) is 0 Å². The van der Waals surface area contributed by atoms with Crippen LogP contribution in [0.25, 0.3) is 0 Å². The number of hydrogen-bond donors (Lipinski definition) is 9. The molecule has 2 rings (SSSR count). The highest BCUT2D eigenvalue weighted by atomic mass is 16.7. The number of allylic oxidation sites excluding steroid dienone is 7. The highest BCUT2D eigenvalue weighted by Crippen LogP contribution is 2.29. The molecule has 0 bridgehead atoms. The summed E-state index contributed by atoms with van der Waals surface area (Å²) < 4.78 is 22.5. The summed E-state index contributed by atoms with van der Waals surface area (Å²) in [5.41, 5.74) is 0. The van der Waals surface area contributed by atoms with Gasteiger partial charge in [0.2, 0.25) is 5.91 Å². The third-order valence-corrected chi connectivity index (χ3v) is 10.5. The molecule has 2 aliphatic rings. The van der Waals surface area contributed by atoms with Crippen molar-refractivity contribution < 1.29 is 64.6 Å². The standard InChI is InChI=1S/C44H77NO13/c1-3-5-7-9-11-13-15-16-18-19-21-23-25-27-33(48)32(45-36(49)28-26-24-22-20-17-14-12-10-8-6-4-2)31-55-43-41(54)39(52)42(35(30-47)57-43)58-44-40(53)38(51)37(50)34(29-46)56-44/h10-13,18-19,25,27,32-35,37-44,46-48,50-54H,3-9,14-17,20-24,26,28-31H2,1-2H3,(H,45,49)/b12-10-,13-11+,19-18+,27-25+. The lowest BCUT2D eigenvalue weighted by atomic mass is 9.97. The first kappa shape index (κ1) is 52.1. The first-order valence-electron chi connectivity index (χ1n) is 21.9. The van der Waals surface area contributed by atoms with Gasteiger partial charge in [-0.3, -0.25) is 4.79 Å². The molecule has 14 nitrogen and oxygen atoms in total. The van der Waals surface area contributed by atoms with Crippen molar-refractivity contribution in [2.45, 2.75) is 203 Å². The maximum absolute atomic E-state index is 13.0. The van der Waals surface area contributed by atoms with Gasteiger partial charge in [0.05, 0.1) is 32.0 Å². The highest BCUT2D eigenvalue weighted by Gasteiger charge is 2.50. The minimum absolute atomic E-state index is 0.257. The van der Waals surface area contributed by atoms with Crippen LogP contribution in [-0.4, -0.2) is 140 Å². The quantitative estimate of drug-likeness (QED) is 0.0359.